The fourth-order valence-electron chi connectivity index (χ4n) is 1.99. The predicted octanol–water partition coefficient (Wildman–Crippen LogP) is 0.562. The molecule has 0 saturated carbocycles. The lowest BCUT2D eigenvalue weighted by molar-refractivity contribution is 0.248. The third-order valence-electron chi connectivity index (χ3n) is 2.67. The van der Waals surface area contributed by atoms with E-state index in [0.717, 1.165) is 19.6 Å². The van der Waals surface area contributed by atoms with Crippen molar-refractivity contribution in [2.75, 3.05) is 20.1 Å². The van der Waals surface area contributed by atoms with Crippen molar-refractivity contribution in [3.63, 3.8) is 0 Å². The third-order valence-corrected chi connectivity index (χ3v) is 2.67. The smallest absolute Gasteiger partial charge is 0.240 e. The van der Waals surface area contributed by atoms with Gasteiger partial charge in [-0.05, 0) is 33.4 Å². The van der Waals surface area contributed by atoms with Crippen LogP contribution in [-0.2, 0) is 6.54 Å². The first-order valence-electron chi connectivity index (χ1n) is 5.45. The van der Waals surface area contributed by atoms with E-state index in [-0.39, 0.29) is 0 Å². The van der Waals surface area contributed by atoms with Gasteiger partial charge in [0.05, 0.1) is 6.54 Å². The van der Waals surface area contributed by atoms with Crippen LogP contribution in [0.5, 0.6) is 0 Å². The maximum Gasteiger partial charge on any atom is 0.240 e. The molecule has 1 unspecified atom stereocenters. The van der Waals surface area contributed by atoms with E-state index in [1.165, 1.54) is 12.8 Å². The monoisotopic (exact) mass is 210 g/mol. The SMILES string of the molecule is Cc1noc(CN(C)CC2CCCN2)n1. The highest BCUT2D eigenvalue weighted by molar-refractivity contribution is 4.84. The molecule has 1 atom stereocenters. The van der Waals surface area contributed by atoms with Crippen LogP contribution in [0.25, 0.3) is 0 Å². The minimum Gasteiger partial charge on any atom is -0.338 e. The second-order valence-electron chi connectivity index (χ2n) is 4.23. The van der Waals surface area contributed by atoms with Crippen LogP contribution in [0, 0.1) is 6.92 Å². The van der Waals surface area contributed by atoms with Crippen LogP contribution in [0.2, 0.25) is 0 Å². The van der Waals surface area contributed by atoms with Crippen LogP contribution >= 0.6 is 0 Å². The molecule has 0 amide bonds. The quantitative estimate of drug-likeness (QED) is 0.787. The van der Waals surface area contributed by atoms with Crippen molar-refractivity contribution in [3.05, 3.63) is 11.7 Å². The first kappa shape index (κ1) is 10.6. The molecule has 0 aliphatic carbocycles. The van der Waals surface area contributed by atoms with E-state index >= 15 is 0 Å². The molecule has 5 heteroatoms. The van der Waals surface area contributed by atoms with Crippen molar-refractivity contribution in [1.82, 2.24) is 20.4 Å². The van der Waals surface area contributed by atoms with Gasteiger partial charge in [0.25, 0.3) is 0 Å². The summed E-state index contributed by atoms with van der Waals surface area (Å²) in [6, 6.07) is 0.624. The van der Waals surface area contributed by atoms with E-state index in [2.05, 4.69) is 27.4 Å². The van der Waals surface area contributed by atoms with Gasteiger partial charge in [0.15, 0.2) is 5.82 Å². The Balaban J connectivity index is 1.78. The molecule has 84 valence electrons. The Bertz CT molecular complexity index is 306. The summed E-state index contributed by atoms with van der Waals surface area (Å²) in [7, 11) is 2.08. The molecule has 1 aromatic heterocycles. The van der Waals surface area contributed by atoms with Crippen molar-refractivity contribution in [2.24, 2.45) is 0 Å². The number of hydrogen-bond donors (Lipinski definition) is 1. The number of aromatic nitrogens is 2. The number of rotatable bonds is 4. The number of hydrogen-bond acceptors (Lipinski definition) is 5. The van der Waals surface area contributed by atoms with Crippen molar-refractivity contribution in [3.8, 4) is 0 Å². The fraction of sp³-hybridized carbons (Fsp3) is 0.800. The van der Waals surface area contributed by atoms with Gasteiger partial charge in [-0.1, -0.05) is 5.16 Å². The maximum absolute atomic E-state index is 5.08. The Morgan fingerprint density at radius 2 is 2.47 bits per heavy atom. The fourth-order valence-corrected chi connectivity index (χ4v) is 1.99. The summed E-state index contributed by atoms with van der Waals surface area (Å²) < 4.78 is 5.08. The third kappa shape index (κ3) is 3.00. The van der Waals surface area contributed by atoms with Crippen LogP contribution in [0.1, 0.15) is 24.6 Å². The average molecular weight is 210 g/mol. The number of nitrogens with one attached hydrogen (secondary N) is 1. The summed E-state index contributed by atoms with van der Waals surface area (Å²) in [4.78, 5) is 6.40. The molecule has 0 radical (unpaired) electrons. The maximum atomic E-state index is 5.08. The van der Waals surface area contributed by atoms with Crippen molar-refractivity contribution in [1.29, 1.82) is 0 Å². The standard InChI is InChI=1S/C10H18N4O/c1-8-12-10(15-13-8)7-14(2)6-9-4-3-5-11-9/h9,11H,3-7H2,1-2H3. The molecular formula is C10H18N4O. The van der Waals surface area contributed by atoms with E-state index in [4.69, 9.17) is 4.52 Å². The van der Waals surface area contributed by atoms with Gasteiger partial charge in [-0.25, -0.2) is 0 Å². The zero-order valence-electron chi connectivity index (χ0n) is 9.36. The van der Waals surface area contributed by atoms with E-state index < -0.39 is 0 Å². The molecule has 5 nitrogen and oxygen atoms in total. The molecule has 0 spiro atoms. The van der Waals surface area contributed by atoms with Crippen molar-refractivity contribution in [2.45, 2.75) is 32.4 Å². The summed E-state index contributed by atoms with van der Waals surface area (Å²) in [5.74, 6) is 1.41. The lowest BCUT2D eigenvalue weighted by Crippen LogP contribution is -2.35. The molecule has 0 bridgehead atoms. The number of likely N-dealkylation sites (N-methyl/N-ethyl adjacent to an activating group) is 1. The Labute approximate surface area is 89.8 Å². The van der Waals surface area contributed by atoms with Crippen LogP contribution in [0.4, 0.5) is 0 Å². The molecule has 1 fully saturated rings. The molecule has 1 N–H and O–H groups in total. The molecular weight excluding hydrogens is 192 g/mol. The van der Waals surface area contributed by atoms with E-state index in [1.54, 1.807) is 0 Å². The molecule has 2 heterocycles. The number of aryl methyl sites for hydroxylation is 1. The zero-order valence-corrected chi connectivity index (χ0v) is 9.36. The van der Waals surface area contributed by atoms with E-state index in [9.17, 15) is 0 Å². The first-order chi connectivity index (χ1) is 7.24. The minimum absolute atomic E-state index is 0.624. The summed E-state index contributed by atoms with van der Waals surface area (Å²) in [5, 5.41) is 7.24. The summed E-state index contributed by atoms with van der Waals surface area (Å²) in [6.45, 7) is 4.77. The lowest BCUT2D eigenvalue weighted by Gasteiger charge is -2.18. The molecule has 15 heavy (non-hydrogen) atoms. The second-order valence-corrected chi connectivity index (χ2v) is 4.23. The van der Waals surface area contributed by atoms with Gasteiger partial charge in [0.2, 0.25) is 5.89 Å². The Kier molecular flexibility index (Phi) is 3.33. The van der Waals surface area contributed by atoms with Gasteiger partial charge in [-0.3, -0.25) is 4.90 Å². The van der Waals surface area contributed by atoms with Crippen molar-refractivity contribution < 1.29 is 4.52 Å². The van der Waals surface area contributed by atoms with Gasteiger partial charge >= 0.3 is 0 Å². The van der Waals surface area contributed by atoms with Crippen LogP contribution in [0.3, 0.4) is 0 Å². The molecule has 1 aliphatic rings. The van der Waals surface area contributed by atoms with Gasteiger partial charge in [-0.15, -0.1) is 0 Å². The predicted molar refractivity (Wildman–Crippen MR) is 56.4 cm³/mol. The molecule has 0 aromatic carbocycles. The Morgan fingerprint density at radius 1 is 1.60 bits per heavy atom. The summed E-state index contributed by atoms with van der Waals surface area (Å²) in [5.41, 5.74) is 0. The highest BCUT2D eigenvalue weighted by Gasteiger charge is 2.16. The highest BCUT2D eigenvalue weighted by atomic mass is 16.5. The average Bonchev–Trinajstić information content (AvgIpc) is 2.77. The highest BCUT2D eigenvalue weighted by Crippen LogP contribution is 2.08. The van der Waals surface area contributed by atoms with Crippen molar-refractivity contribution >= 4 is 0 Å². The molecule has 2 rings (SSSR count). The van der Waals surface area contributed by atoms with Crippen LogP contribution < -0.4 is 5.32 Å². The molecule has 1 aliphatic heterocycles. The largest absolute Gasteiger partial charge is 0.338 e. The Hall–Kier alpha value is -0.940. The van der Waals surface area contributed by atoms with Gasteiger partial charge in [-0.2, -0.15) is 4.98 Å². The zero-order chi connectivity index (χ0) is 10.7. The van der Waals surface area contributed by atoms with Crippen LogP contribution in [-0.4, -0.2) is 41.2 Å². The normalized spacial score (nSPS) is 21.4. The van der Waals surface area contributed by atoms with Gasteiger partial charge in [0.1, 0.15) is 0 Å². The summed E-state index contributed by atoms with van der Waals surface area (Å²) in [6.07, 6.45) is 2.56. The Morgan fingerprint density at radius 3 is 3.07 bits per heavy atom. The number of nitrogens with zero attached hydrogens (tertiary/aromatic N) is 3. The molecule has 1 saturated heterocycles. The summed E-state index contributed by atoms with van der Waals surface area (Å²) >= 11 is 0. The van der Waals surface area contributed by atoms with Crippen LogP contribution in [0.15, 0.2) is 4.52 Å². The van der Waals surface area contributed by atoms with E-state index in [0.29, 0.717) is 17.8 Å². The topological polar surface area (TPSA) is 54.2 Å². The van der Waals surface area contributed by atoms with E-state index in [1.807, 2.05) is 6.92 Å². The lowest BCUT2D eigenvalue weighted by atomic mass is 10.2. The van der Waals surface area contributed by atoms with Gasteiger partial charge < -0.3 is 9.84 Å². The van der Waals surface area contributed by atoms with Gasteiger partial charge in [0, 0.05) is 12.6 Å². The molecule has 1 aromatic rings. The second kappa shape index (κ2) is 4.72. The minimum atomic E-state index is 0.624. The first-order valence-corrected chi connectivity index (χ1v) is 5.45.